The van der Waals surface area contributed by atoms with E-state index in [-0.39, 0.29) is 6.61 Å². The third-order valence-electron chi connectivity index (χ3n) is 4.84. The minimum atomic E-state index is 0.123. The molecule has 26 heavy (non-hydrogen) atoms. The van der Waals surface area contributed by atoms with Gasteiger partial charge in [-0.2, -0.15) is 0 Å². The predicted octanol–water partition coefficient (Wildman–Crippen LogP) is 5.53. The van der Waals surface area contributed by atoms with Gasteiger partial charge in [0.15, 0.2) is 0 Å². The number of rotatable bonds is 9. The molecule has 0 fully saturated rings. The highest BCUT2D eigenvalue weighted by Gasteiger charge is 2.03. The summed E-state index contributed by atoms with van der Waals surface area (Å²) >= 11 is 0. The molecule has 3 aromatic carbocycles. The molecular formula is C25H28O. The van der Waals surface area contributed by atoms with Gasteiger partial charge in [-0.25, -0.2) is 0 Å². The highest BCUT2D eigenvalue weighted by molar-refractivity contribution is 5.30. The van der Waals surface area contributed by atoms with Crippen LogP contribution in [0.1, 0.15) is 40.7 Å². The van der Waals surface area contributed by atoms with E-state index in [1.807, 2.05) is 0 Å². The van der Waals surface area contributed by atoms with Crippen molar-refractivity contribution < 1.29 is 5.11 Å². The Morgan fingerprint density at radius 3 is 1.27 bits per heavy atom. The van der Waals surface area contributed by atoms with Crippen molar-refractivity contribution in [3.63, 3.8) is 0 Å². The van der Waals surface area contributed by atoms with Crippen LogP contribution in [0.4, 0.5) is 0 Å². The Hall–Kier alpha value is -2.38. The molecule has 0 saturated carbocycles. The second-order valence-corrected chi connectivity index (χ2v) is 6.99. The average molecular weight is 344 g/mol. The number of hydrogen-bond acceptors (Lipinski definition) is 1. The first-order chi connectivity index (χ1) is 12.8. The van der Waals surface area contributed by atoms with Crippen molar-refractivity contribution in [3.8, 4) is 0 Å². The Bertz CT molecular complexity index is 714. The fourth-order valence-corrected chi connectivity index (χ4v) is 3.50. The van der Waals surface area contributed by atoms with E-state index >= 15 is 0 Å². The summed E-state index contributed by atoms with van der Waals surface area (Å²) in [5, 5.41) is 9.59. The van der Waals surface area contributed by atoms with Crippen LogP contribution in [0.15, 0.2) is 78.9 Å². The third kappa shape index (κ3) is 5.86. The van der Waals surface area contributed by atoms with Gasteiger partial charge >= 0.3 is 0 Å². The average Bonchev–Trinajstić information content (AvgIpc) is 2.69. The van der Waals surface area contributed by atoms with E-state index in [1.165, 1.54) is 22.3 Å². The van der Waals surface area contributed by atoms with Crippen LogP contribution in [-0.2, 0) is 32.3 Å². The van der Waals surface area contributed by atoms with Crippen LogP contribution in [-0.4, -0.2) is 5.11 Å². The summed E-state index contributed by atoms with van der Waals surface area (Å²) < 4.78 is 0. The molecule has 0 aliphatic heterocycles. The second-order valence-electron chi connectivity index (χ2n) is 6.99. The van der Waals surface area contributed by atoms with E-state index in [1.54, 1.807) is 0 Å². The molecule has 3 rings (SSSR count). The fraction of sp³-hybridized carbons (Fsp3) is 0.280. The highest BCUT2D eigenvalue weighted by atomic mass is 16.3. The maximum absolute atomic E-state index is 9.59. The molecule has 0 atom stereocenters. The topological polar surface area (TPSA) is 20.2 Å². The van der Waals surface area contributed by atoms with Crippen molar-refractivity contribution in [3.05, 3.63) is 107 Å². The Morgan fingerprint density at radius 1 is 0.462 bits per heavy atom. The summed E-state index contributed by atoms with van der Waals surface area (Å²) in [5.74, 6) is 0. The molecule has 0 amide bonds. The van der Waals surface area contributed by atoms with Gasteiger partial charge in [-0.15, -0.1) is 0 Å². The minimum absolute atomic E-state index is 0.123. The van der Waals surface area contributed by atoms with Gasteiger partial charge in [-0.05, 0) is 66.3 Å². The van der Waals surface area contributed by atoms with E-state index in [0.717, 1.165) is 44.1 Å². The van der Waals surface area contributed by atoms with Crippen molar-refractivity contribution in [2.24, 2.45) is 0 Å². The van der Waals surface area contributed by atoms with Crippen molar-refractivity contribution in [2.75, 3.05) is 0 Å². The normalized spacial score (nSPS) is 10.8. The molecule has 1 N–H and O–H groups in total. The summed E-state index contributed by atoms with van der Waals surface area (Å²) in [4.78, 5) is 0. The molecule has 1 nitrogen and oxygen atoms in total. The van der Waals surface area contributed by atoms with Gasteiger partial charge in [-0.1, -0.05) is 78.9 Å². The molecule has 134 valence electrons. The van der Waals surface area contributed by atoms with Gasteiger partial charge in [0.05, 0.1) is 6.61 Å². The minimum Gasteiger partial charge on any atom is -0.392 e. The second kappa shape index (κ2) is 9.94. The maximum Gasteiger partial charge on any atom is 0.0682 e. The summed E-state index contributed by atoms with van der Waals surface area (Å²) in [7, 11) is 0. The predicted molar refractivity (Wildman–Crippen MR) is 109 cm³/mol. The molecule has 0 aliphatic carbocycles. The number of hydrogen-bond donors (Lipinski definition) is 1. The first kappa shape index (κ1) is 18.4. The molecule has 3 aromatic rings. The van der Waals surface area contributed by atoms with Crippen LogP contribution >= 0.6 is 0 Å². The van der Waals surface area contributed by atoms with Crippen LogP contribution in [0, 0.1) is 0 Å². The number of aliphatic hydroxyl groups is 1. The van der Waals surface area contributed by atoms with Gasteiger partial charge in [0.1, 0.15) is 0 Å². The Balaban J connectivity index is 1.55. The van der Waals surface area contributed by atoms with Crippen molar-refractivity contribution in [1.29, 1.82) is 0 Å². The summed E-state index contributed by atoms with van der Waals surface area (Å²) in [6, 6.07) is 28.0. The smallest absolute Gasteiger partial charge is 0.0682 e. The zero-order valence-corrected chi connectivity index (χ0v) is 15.4. The zero-order valence-electron chi connectivity index (χ0n) is 15.4. The van der Waals surface area contributed by atoms with Crippen LogP contribution in [0.2, 0.25) is 0 Å². The first-order valence-corrected chi connectivity index (χ1v) is 9.64. The van der Waals surface area contributed by atoms with E-state index in [9.17, 15) is 5.11 Å². The molecule has 0 aromatic heterocycles. The van der Waals surface area contributed by atoms with Gasteiger partial charge in [0.25, 0.3) is 0 Å². The summed E-state index contributed by atoms with van der Waals surface area (Å²) in [6.07, 6.45) is 6.62. The molecule has 0 unspecified atom stereocenters. The summed E-state index contributed by atoms with van der Waals surface area (Å²) in [5.41, 5.74) is 6.53. The molecular weight excluding hydrogens is 316 g/mol. The number of aliphatic hydroxyl groups excluding tert-OH is 1. The zero-order chi connectivity index (χ0) is 18.0. The third-order valence-corrected chi connectivity index (χ3v) is 4.84. The van der Waals surface area contributed by atoms with E-state index in [0.29, 0.717) is 0 Å². The Kier molecular flexibility index (Phi) is 7.04. The standard InChI is InChI=1S/C25H28O/c26-20-25-18-23(15-7-13-21-9-3-1-4-10-21)17-24(19-25)16-8-14-22-11-5-2-6-12-22/h1-6,9-12,17-19,26H,7-8,13-16,20H2. The molecule has 0 aliphatic rings. The Morgan fingerprint density at radius 2 is 0.846 bits per heavy atom. The molecule has 0 saturated heterocycles. The van der Waals surface area contributed by atoms with E-state index in [2.05, 4.69) is 78.9 Å². The van der Waals surface area contributed by atoms with Gasteiger partial charge in [0, 0.05) is 0 Å². The molecule has 0 heterocycles. The lowest BCUT2D eigenvalue weighted by Crippen LogP contribution is -1.97. The van der Waals surface area contributed by atoms with Gasteiger partial charge in [0.2, 0.25) is 0 Å². The lowest BCUT2D eigenvalue weighted by molar-refractivity contribution is 0.281. The van der Waals surface area contributed by atoms with Crippen molar-refractivity contribution in [2.45, 2.75) is 45.1 Å². The molecule has 1 heteroatoms. The Labute approximate surface area is 157 Å². The maximum atomic E-state index is 9.59. The van der Waals surface area contributed by atoms with Crippen LogP contribution in [0.3, 0.4) is 0 Å². The fourth-order valence-electron chi connectivity index (χ4n) is 3.50. The van der Waals surface area contributed by atoms with E-state index < -0.39 is 0 Å². The number of benzene rings is 3. The highest BCUT2D eigenvalue weighted by Crippen LogP contribution is 2.16. The van der Waals surface area contributed by atoms with Crippen molar-refractivity contribution in [1.82, 2.24) is 0 Å². The lowest BCUT2D eigenvalue weighted by Gasteiger charge is -2.09. The van der Waals surface area contributed by atoms with E-state index in [4.69, 9.17) is 0 Å². The monoisotopic (exact) mass is 344 g/mol. The van der Waals surface area contributed by atoms with Crippen LogP contribution < -0.4 is 0 Å². The molecule has 0 radical (unpaired) electrons. The van der Waals surface area contributed by atoms with Crippen LogP contribution in [0.25, 0.3) is 0 Å². The first-order valence-electron chi connectivity index (χ1n) is 9.64. The lowest BCUT2D eigenvalue weighted by atomic mass is 9.97. The molecule has 0 spiro atoms. The SMILES string of the molecule is OCc1cc(CCCc2ccccc2)cc(CCCc2ccccc2)c1. The van der Waals surface area contributed by atoms with Gasteiger partial charge in [-0.3, -0.25) is 0 Å². The van der Waals surface area contributed by atoms with Crippen molar-refractivity contribution >= 4 is 0 Å². The van der Waals surface area contributed by atoms with Gasteiger partial charge < -0.3 is 5.11 Å². The molecule has 0 bridgehead atoms. The number of aryl methyl sites for hydroxylation is 4. The largest absolute Gasteiger partial charge is 0.392 e. The summed E-state index contributed by atoms with van der Waals surface area (Å²) in [6.45, 7) is 0.123. The quantitative estimate of drug-likeness (QED) is 0.541. The van der Waals surface area contributed by atoms with Crippen LogP contribution in [0.5, 0.6) is 0 Å².